The van der Waals surface area contributed by atoms with Gasteiger partial charge in [-0.25, -0.2) is 19.0 Å². The number of fused-ring (bicyclic) bond motifs is 2. The van der Waals surface area contributed by atoms with Crippen molar-refractivity contribution in [2.45, 2.75) is 32.2 Å². The fourth-order valence-corrected chi connectivity index (χ4v) is 4.75. The number of benzene rings is 1. The first kappa shape index (κ1) is 22.6. The third kappa shape index (κ3) is 4.01. The van der Waals surface area contributed by atoms with Crippen LogP contribution < -0.4 is 10.5 Å². The highest BCUT2D eigenvalue weighted by Crippen LogP contribution is 2.39. The summed E-state index contributed by atoms with van der Waals surface area (Å²) in [6.07, 6.45) is 11.8. The van der Waals surface area contributed by atoms with Crippen molar-refractivity contribution in [3.63, 3.8) is 0 Å². The molecule has 0 fully saturated rings. The number of ether oxygens (including phenoxy) is 1. The van der Waals surface area contributed by atoms with E-state index < -0.39 is 5.82 Å². The molecule has 0 radical (unpaired) electrons. The zero-order valence-corrected chi connectivity index (χ0v) is 19.6. The minimum absolute atomic E-state index is 0.108. The van der Waals surface area contributed by atoms with Crippen molar-refractivity contribution in [1.29, 1.82) is 0 Å². The van der Waals surface area contributed by atoms with Crippen LogP contribution in [-0.4, -0.2) is 31.3 Å². The number of aromatic nitrogens is 5. The largest absolute Gasteiger partial charge is 0.486 e. The second-order valence-corrected chi connectivity index (χ2v) is 8.55. The van der Waals surface area contributed by atoms with Crippen LogP contribution in [0.5, 0.6) is 5.75 Å². The molecule has 0 saturated carbocycles. The van der Waals surface area contributed by atoms with E-state index in [1.54, 1.807) is 12.1 Å². The van der Waals surface area contributed by atoms with Gasteiger partial charge in [0.15, 0.2) is 17.2 Å². The van der Waals surface area contributed by atoms with E-state index in [2.05, 4.69) is 34.2 Å². The van der Waals surface area contributed by atoms with E-state index in [1.807, 2.05) is 29.8 Å². The van der Waals surface area contributed by atoms with Crippen molar-refractivity contribution in [1.82, 2.24) is 24.7 Å². The Morgan fingerprint density at radius 1 is 1.26 bits per heavy atom. The number of nitrogens with zero attached hydrogens (tertiary/aromatic N) is 4. The minimum atomic E-state index is -0.438. The normalized spacial score (nSPS) is 16.5. The molecule has 3 heterocycles. The van der Waals surface area contributed by atoms with Crippen molar-refractivity contribution >= 4 is 27.8 Å². The third-order valence-electron chi connectivity index (χ3n) is 6.38. The summed E-state index contributed by atoms with van der Waals surface area (Å²) in [6.45, 7) is 9.82. The molecule has 0 aliphatic heterocycles. The number of aromatic amines is 1. The zero-order chi connectivity index (χ0) is 24.5. The van der Waals surface area contributed by atoms with Gasteiger partial charge in [-0.2, -0.15) is 5.10 Å². The maximum Gasteiger partial charge on any atom is 0.165 e. The van der Waals surface area contributed by atoms with Gasteiger partial charge in [-0.15, -0.1) is 0 Å². The lowest BCUT2D eigenvalue weighted by Crippen LogP contribution is -2.16. The van der Waals surface area contributed by atoms with Crippen LogP contribution in [0.2, 0.25) is 0 Å². The topological polar surface area (TPSA) is 94.6 Å². The van der Waals surface area contributed by atoms with Gasteiger partial charge in [0.2, 0.25) is 0 Å². The molecule has 5 rings (SSSR count). The fraction of sp³-hybridized carbons (Fsp3) is 0.222. The van der Waals surface area contributed by atoms with E-state index in [0.717, 1.165) is 24.8 Å². The van der Waals surface area contributed by atoms with Gasteiger partial charge in [0.25, 0.3) is 0 Å². The van der Waals surface area contributed by atoms with Gasteiger partial charge < -0.3 is 15.5 Å². The Balaban J connectivity index is 1.62. The molecular weight excluding hydrogens is 443 g/mol. The maximum atomic E-state index is 14.5. The molecule has 4 aromatic rings. The van der Waals surface area contributed by atoms with Crippen LogP contribution in [0.3, 0.4) is 0 Å². The van der Waals surface area contributed by atoms with Crippen LogP contribution >= 0.6 is 0 Å². The molecule has 0 bridgehead atoms. The maximum absolute atomic E-state index is 14.5. The van der Waals surface area contributed by atoms with E-state index in [0.29, 0.717) is 33.6 Å². The Labute approximate surface area is 202 Å². The highest BCUT2D eigenvalue weighted by atomic mass is 19.1. The summed E-state index contributed by atoms with van der Waals surface area (Å²) < 4.78 is 21.9. The number of halogens is 1. The molecule has 3 aromatic heterocycles. The van der Waals surface area contributed by atoms with Gasteiger partial charge in [-0.05, 0) is 49.5 Å². The molecule has 1 aromatic carbocycles. The highest BCUT2D eigenvalue weighted by molar-refractivity contribution is 6.00. The van der Waals surface area contributed by atoms with Crippen LogP contribution in [0, 0.1) is 5.82 Å². The number of anilines is 1. The summed E-state index contributed by atoms with van der Waals surface area (Å²) in [5.74, 6) is 0.0714. The average Bonchev–Trinajstić information content (AvgIpc) is 3.44. The Kier molecular flexibility index (Phi) is 5.94. The van der Waals surface area contributed by atoms with Crippen molar-refractivity contribution in [3.05, 3.63) is 79.0 Å². The van der Waals surface area contributed by atoms with Gasteiger partial charge >= 0.3 is 0 Å². The van der Waals surface area contributed by atoms with Gasteiger partial charge in [0, 0.05) is 17.0 Å². The first-order valence-corrected chi connectivity index (χ1v) is 11.6. The van der Waals surface area contributed by atoms with Gasteiger partial charge in [-0.3, -0.25) is 0 Å². The molecular formula is C27H27FN6O. The Morgan fingerprint density at radius 3 is 2.89 bits per heavy atom. The molecule has 8 heteroatoms. The second-order valence-electron chi connectivity index (χ2n) is 8.55. The Bertz CT molecular complexity index is 1510. The highest BCUT2D eigenvalue weighted by Gasteiger charge is 2.26. The number of nitrogens with two attached hydrogens (primary N) is 1. The molecule has 35 heavy (non-hydrogen) atoms. The fourth-order valence-electron chi connectivity index (χ4n) is 4.75. The average molecular weight is 471 g/mol. The lowest BCUT2D eigenvalue weighted by atomic mass is 9.88. The molecule has 1 unspecified atom stereocenters. The monoisotopic (exact) mass is 470 g/mol. The van der Waals surface area contributed by atoms with E-state index in [4.69, 9.17) is 15.6 Å². The third-order valence-corrected chi connectivity index (χ3v) is 6.38. The van der Waals surface area contributed by atoms with E-state index in [9.17, 15) is 4.39 Å². The number of hydrogen-bond acceptors (Lipinski definition) is 5. The summed E-state index contributed by atoms with van der Waals surface area (Å²) in [4.78, 5) is 12.1. The molecule has 7 nitrogen and oxygen atoms in total. The van der Waals surface area contributed by atoms with Crippen molar-refractivity contribution in [2.75, 3.05) is 12.3 Å². The standard InChI is InChI=1S/C27H27FN6O/c1-4-7-17-11-19(9-8-16(17)6-3)34-27-24(26(29)30-15-31-27)25(33-34)22-13-18-12-20(28)23(35-10-5-2)14-21(18)32-22/h4-7,12-15,19,32H,2-3,8-11H2,1H3,(H2,29,30,31)/b7-4-. The number of hydrogen-bond donors (Lipinski definition) is 2. The number of H-pyrrole nitrogens is 1. The van der Waals surface area contributed by atoms with Crippen LogP contribution in [-0.2, 0) is 0 Å². The zero-order valence-electron chi connectivity index (χ0n) is 19.6. The second kappa shape index (κ2) is 9.21. The van der Waals surface area contributed by atoms with Crippen molar-refractivity contribution in [2.24, 2.45) is 0 Å². The van der Waals surface area contributed by atoms with Gasteiger partial charge in [0.05, 0.1) is 17.1 Å². The molecule has 0 saturated heterocycles. The Hall–Kier alpha value is -4.20. The molecule has 178 valence electrons. The molecule has 0 amide bonds. The molecule has 0 spiro atoms. The lowest BCUT2D eigenvalue weighted by molar-refractivity contribution is 0.342. The number of nitrogens with one attached hydrogen (secondary N) is 1. The summed E-state index contributed by atoms with van der Waals surface area (Å²) in [5.41, 5.74) is 11.6. The first-order valence-electron chi connectivity index (χ1n) is 11.6. The van der Waals surface area contributed by atoms with Crippen LogP contribution in [0.25, 0.3) is 33.3 Å². The van der Waals surface area contributed by atoms with Gasteiger partial charge in [-0.1, -0.05) is 37.5 Å². The van der Waals surface area contributed by atoms with Crippen molar-refractivity contribution in [3.8, 4) is 17.1 Å². The SMILES string of the molecule is C=CCOc1cc2[nH]c(-c3nn(C4CCC(C=C)=C(/C=C\C)C4)c4ncnc(N)c34)cc2cc1F. The van der Waals surface area contributed by atoms with Gasteiger partial charge in [0.1, 0.15) is 24.4 Å². The number of rotatable bonds is 7. The van der Waals surface area contributed by atoms with Crippen LogP contribution in [0.4, 0.5) is 10.2 Å². The summed E-state index contributed by atoms with van der Waals surface area (Å²) >= 11 is 0. The molecule has 1 aliphatic rings. The van der Waals surface area contributed by atoms with Crippen LogP contribution in [0.15, 0.2) is 73.1 Å². The predicted octanol–water partition coefficient (Wildman–Crippen LogP) is 6.04. The summed E-state index contributed by atoms with van der Waals surface area (Å²) in [6, 6.07) is 5.05. The lowest BCUT2D eigenvalue weighted by Gasteiger charge is -2.25. The van der Waals surface area contributed by atoms with E-state index in [-0.39, 0.29) is 18.4 Å². The summed E-state index contributed by atoms with van der Waals surface area (Å²) in [5, 5.41) is 6.35. The first-order chi connectivity index (χ1) is 17.0. The van der Waals surface area contributed by atoms with Crippen LogP contribution in [0.1, 0.15) is 32.2 Å². The molecule has 1 atom stereocenters. The summed E-state index contributed by atoms with van der Waals surface area (Å²) in [7, 11) is 0. The Morgan fingerprint density at radius 2 is 2.11 bits per heavy atom. The van der Waals surface area contributed by atoms with E-state index >= 15 is 0 Å². The smallest absolute Gasteiger partial charge is 0.165 e. The predicted molar refractivity (Wildman–Crippen MR) is 138 cm³/mol. The number of nitrogen functional groups attached to an aromatic ring is 1. The number of allylic oxidation sites excluding steroid dienone is 5. The van der Waals surface area contributed by atoms with Crippen molar-refractivity contribution < 1.29 is 9.13 Å². The molecule has 3 N–H and O–H groups in total. The minimum Gasteiger partial charge on any atom is -0.486 e. The van der Waals surface area contributed by atoms with E-state index in [1.165, 1.54) is 23.5 Å². The quantitative estimate of drug-likeness (QED) is 0.321. The molecule has 1 aliphatic carbocycles.